The van der Waals surface area contributed by atoms with E-state index in [1.807, 2.05) is 25.7 Å². The van der Waals surface area contributed by atoms with Crippen LogP contribution in [0.3, 0.4) is 0 Å². The summed E-state index contributed by atoms with van der Waals surface area (Å²) in [6, 6.07) is 4.14. The van der Waals surface area contributed by atoms with Crippen LogP contribution in [0, 0.1) is 32.6 Å². The number of aryl methyl sites for hydroxylation is 3. The number of unbranched alkanes of at least 4 members (excludes halogenated alkanes) is 1. The third-order valence-corrected chi connectivity index (χ3v) is 6.81. The largest absolute Gasteiger partial charge is 0.343 e. The minimum absolute atomic E-state index is 0.0854. The molecule has 1 heterocycles. The number of piperidine rings is 1. The van der Waals surface area contributed by atoms with Crippen molar-refractivity contribution < 1.29 is 14.4 Å². The maximum atomic E-state index is 13.2. The zero-order chi connectivity index (χ0) is 21.1. The Labute approximate surface area is 175 Å². The molecule has 1 aromatic rings. The van der Waals surface area contributed by atoms with E-state index >= 15 is 0 Å². The molecule has 0 aromatic heterocycles. The fourth-order valence-corrected chi connectivity index (χ4v) is 5.31. The number of benzene rings is 1. The Kier molecular flexibility index (Phi) is 6.92. The van der Waals surface area contributed by atoms with Gasteiger partial charge in [-0.2, -0.15) is 0 Å². The molecular formula is C25H35NO3. The highest BCUT2D eigenvalue weighted by Gasteiger charge is 2.44. The number of amides is 1. The highest BCUT2D eigenvalue weighted by Crippen LogP contribution is 2.39. The van der Waals surface area contributed by atoms with E-state index in [4.69, 9.17) is 0 Å². The minimum atomic E-state index is -0.573. The van der Waals surface area contributed by atoms with Crippen molar-refractivity contribution in [1.29, 1.82) is 0 Å². The lowest BCUT2D eigenvalue weighted by Gasteiger charge is -2.33. The number of ketones is 2. The number of hydrogen-bond acceptors (Lipinski definition) is 3. The number of Topliss-reactive ketones (excluding diaryl/α,β-unsaturated/α-hetero) is 2. The van der Waals surface area contributed by atoms with E-state index in [1.165, 1.54) is 5.56 Å². The van der Waals surface area contributed by atoms with Crippen molar-refractivity contribution in [2.75, 3.05) is 13.1 Å². The van der Waals surface area contributed by atoms with Crippen molar-refractivity contribution in [2.24, 2.45) is 11.8 Å². The number of hydrogen-bond donors (Lipinski definition) is 0. The number of carbonyl (C=O) groups is 3. The molecule has 2 atom stereocenters. The van der Waals surface area contributed by atoms with Crippen LogP contribution in [0.15, 0.2) is 12.1 Å². The van der Waals surface area contributed by atoms with Gasteiger partial charge >= 0.3 is 0 Å². The van der Waals surface area contributed by atoms with Crippen LogP contribution in [0.2, 0.25) is 0 Å². The number of likely N-dealkylation sites (tertiary alicyclic amines) is 1. The zero-order valence-electron chi connectivity index (χ0n) is 18.4. The Morgan fingerprint density at radius 1 is 1.07 bits per heavy atom. The maximum absolute atomic E-state index is 13.2. The third kappa shape index (κ3) is 4.79. The molecule has 0 bridgehead atoms. The maximum Gasteiger partial charge on any atom is 0.222 e. The van der Waals surface area contributed by atoms with Crippen molar-refractivity contribution in [3.05, 3.63) is 34.4 Å². The summed E-state index contributed by atoms with van der Waals surface area (Å²) in [6.07, 6.45) is 5.71. The van der Waals surface area contributed by atoms with Crippen LogP contribution >= 0.6 is 0 Å². The zero-order valence-corrected chi connectivity index (χ0v) is 18.4. The van der Waals surface area contributed by atoms with E-state index in [0.717, 1.165) is 61.9 Å². The first-order valence-corrected chi connectivity index (χ1v) is 11.2. The molecule has 3 rings (SSSR count). The van der Waals surface area contributed by atoms with Gasteiger partial charge < -0.3 is 4.90 Å². The van der Waals surface area contributed by atoms with E-state index in [0.29, 0.717) is 18.8 Å². The molecule has 1 saturated heterocycles. The van der Waals surface area contributed by atoms with Crippen LogP contribution in [-0.4, -0.2) is 35.5 Å². The van der Waals surface area contributed by atoms with E-state index in [-0.39, 0.29) is 23.4 Å². The number of rotatable bonds is 6. The third-order valence-electron chi connectivity index (χ3n) is 6.81. The summed E-state index contributed by atoms with van der Waals surface area (Å²) in [6.45, 7) is 9.75. The van der Waals surface area contributed by atoms with Gasteiger partial charge in [0.05, 0.1) is 0 Å². The Morgan fingerprint density at radius 2 is 1.69 bits per heavy atom. The summed E-state index contributed by atoms with van der Waals surface area (Å²) < 4.78 is 0. The Hall–Kier alpha value is -1.97. The fourth-order valence-electron chi connectivity index (χ4n) is 5.31. The lowest BCUT2D eigenvalue weighted by atomic mass is 9.83. The van der Waals surface area contributed by atoms with Crippen molar-refractivity contribution in [3.63, 3.8) is 0 Å². The van der Waals surface area contributed by atoms with Crippen molar-refractivity contribution in [1.82, 2.24) is 4.90 Å². The van der Waals surface area contributed by atoms with Gasteiger partial charge in [-0.1, -0.05) is 31.0 Å². The standard InChI is InChI=1S/C25H35NO3/c1-5-6-7-22(28)26-10-8-19(9-11-26)14-20-15-21(27)24(25(20)29)23-17(3)12-16(2)13-18(23)4/h12-13,19-20,24H,5-11,14-15H2,1-4H3. The van der Waals surface area contributed by atoms with Crippen LogP contribution in [0.5, 0.6) is 0 Å². The van der Waals surface area contributed by atoms with Gasteiger partial charge in [-0.15, -0.1) is 0 Å². The van der Waals surface area contributed by atoms with Gasteiger partial charge in [0.25, 0.3) is 0 Å². The summed E-state index contributed by atoms with van der Waals surface area (Å²) in [4.78, 5) is 40.2. The molecule has 1 amide bonds. The Morgan fingerprint density at radius 3 is 2.28 bits per heavy atom. The van der Waals surface area contributed by atoms with Crippen LogP contribution in [-0.2, 0) is 14.4 Å². The molecule has 0 radical (unpaired) electrons. The smallest absolute Gasteiger partial charge is 0.222 e. The van der Waals surface area contributed by atoms with Crippen LogP contribution in [0.25, 0.3) is 0 Å². The highest BCUT2D eigenvalue weighted by atomic mass is 16.2. The van der Waals surface area contributed by atoms with E-state index < -0.39 is 5.92 Å². The summed E-state index contributed by atoms with van der Waals surface area (Å²) in [5.41, 5.74) is 4.20. The SMILES string of the molecule is CCCCC(=O)N1CCC(CC2CC(=O)C(c3c(C)cc(C)cc3C)C2=O)CC1. The molecule has 158 valence electrons. The molecule has 4 nitrogen and oxygen atoms in total. The van der Waals surface area contributed by atoms with E-state index in [9.17, 15) is 14.4 Å². The van der Waals surface area contributed by atoms with Crippen molar-refractivity contribution >= 4 is 17.5 Å². The van der Waals surface area contributed by atoms with E-state index in [1.54, 1.807) is 0 Å². The lowest BCUT2D eigenvalue weighted by molar-refractivity contribution is -0.133. The predicted molar refractivity (Wildman–Crippen MR) is 115 cm³/mol. The van der Waals surface area contributed by atoms with Gasteiger partial charge in [0.1, 0.15) is 11.7 Å². The normalized spacial score (nSPS) is 23.1. The Balaban J connectivity index is 1.61. The summed E-state index contributed by atoms with van der Waals surface area (Å²) >= 11 is 0. The van der Waals surface area contributed by atoms with Gasteiger partial charge in [0.15, 0.2) is 5.78 Å². The van der Waals surface area contributed by atoms with Gasteiger partial charge in [-0.3, -0.25) is 14.4 Å². The van der Waals surface area contributed by atoms with Crippen molar-refractivity contribution in [3.8, 4) is 0 Å². The average molecular weight is 398 g/mol. The van der Waals surface area contributed by atoms with Gasteiger partial charge in [-0.25, -0.2) is 0 Å². The van der Waals surface area contributed by atoms with Gasteiger partial charge in [-0.05, 0) is 69.1 Å². The molecule has 2 aliphatic rings. The molecule has 4 heteroatoms. The predicted octanol–water partition coefficient (Wildman–Crippen LogP) is 4.67. The van der Waals surface area contributed by atoms with Crippen LogP contribution in [0.1, 0.15) is 80.0 Å². The summed E-state index contributed by atoms with van der Waals surface area (Å²) in [5, 5.41) is 0. The van der Waals surface area contributed by atoms with Gasteiger partial charge in [0, 0.05) is 31.8 Å². The number of carbonyl (C=O) groups excluding carboxylic acids is 3. The minimum Gasteiger partial charge on any atom is -0.343 e. The Bertz CT molecular complexity index is 766. The molecule has 1 aromatic carbocycles. The highest BCUT2D eigenvalue weighted by molar-refractivity contribution is 6.15. The second-order valence-electron chi connectivity index (χ2n) is 9.18. The second kappa shape index (κ2) is 9.23. The summed E-state index contributed by atoms with van der Waals surface area (Å²) in [5.74, 6) is 0.179. The van der Waals surface area contributed by atoms with Crippen LogP contribution in [0.4, 0.5) is 0 Å². The van der Waals surface area contributed by atoms with E-state index in [2.05, 4.69) is 19.1 Å². The molecule has 2 unspecified atom stereocenters. The monoisotopic (exact) mass is 397 g/mol. The molecule has 1 saturated carbocycles. The fraction of sp³-hybridized carbons (Fsp3) is 0.640. The number of nitrogens with zero attached hydrogens (tertiary/aromatic N) is 1. The first-order valence-electron chi connectivity index (χ1n) is 11.2. The molecule has 2 fully saturated rings. The van der Waals surface area contributed by atoms with Crippen molar-refractivity contribution in [2.45, 2.75) is 78.6 Å². The quantitative estimate of drug-likeness (QED) is 0.655. The van der Waals surface area contributed by atoms with Crippen LogP contribution < -0.4 is 0 Å². The molecule has 29 heavy (non-hydrogen) atoms. The second-order valence-corrected chi connectivity index (χ2v) is 9.18. The molecule has 1 aliphatic heterocycles. The molecule has 0 spiro atoms. The molecular weight excluding hydrogens is 362 g/mol. The van der Waals surface area contributed by atoms with Gasteiger partial charge in [0.2, 0.25) is 5.91 Å². The lowest BCUT2D eigenvalue weighted by Crippen LogP contribution is -2.38. The first-order chi connectivity index (χ1) is 13.8. The molecule has 0 N–H and O–H groups in total. The summed E-state index contributed by atoms with van der Waals surface area (Å²) in [7, 11) is 0. The topological polar surface area (TPSA) is 54.5 Å². The first kappa shape index (κ1) is 21.7. The molecule has 1 aliphatic carbocycles. The average Bonchev–Trinajstić information content (AvgIpc) is 2.93.